The highest BCUT2D eigenvalue weighted by Crippen LogP contribution is 2.08. The van der Waals surface area contributed by atoms with Crippen LogP contribution in [-0.4, -0.2) is 44.7 Å². The normalized spacial score (nSPS) is 21.7. The summed E-state index contributed by atoms with van der Waals surface area (Å²) in [5.41, 5.74) is 5.81. The SMILES string of the molecule is NC1CCCN(C(=O)Cn2cncn2)C1. The van der Waals surface area contributed by atoms with Gasteiger partial charge >= 0.3 is 0 Å². The third-order valence-corrected chi connectivity index (χ3v) is 2.57. The average Bonchev–Trinajstić information content (AvgIpc) is 2.70. The van der Waals surface area contributed by atoms with Crippen LogP contribution in [0.2, 0.25) is 0 Å². The van der Waals surface area contributed by atoms with E-state index in [0.717, 1.165) is 19.4 Å². The predicted molar refractivity (Wildman–Crippen MR) is 53.8 cm³/mol. The summed E-state index contributed by atoms with van der Waals surface area (Å²) in [6.07, 6.45) is 4.97. The molecule has 6 heteroatoms. The molecule has 2 N–H and O–H groups in total. The molecule has 1 aliphatic heterocycles. The summed E-state index contributed by atoms with van der Waals surface area (Å²) in [7, 11) is 0. The number of aromatic nitrogens is 3. The zero-order chi connectivity index (χ0) is 10.7. The Morgan fingerprint density at radius 1 is 1.60 bits per heavy atom. The Kier molecular flexibility index (Phi) is 2.96. The summed E-state index contributed by atoms with van der Waals surface area (Å²) in [5.74, 6) is 0.0654. The molecule has 82 valence electrons. The predicted octanol–water partition coefficient (Wildman–Crippen LogP) is -0.772. The van der Waals surface area contributed by atoms with Crippen LogP contribution in [0.5, 0.6) is 0 Å². The number of hydrogen-bond acceptors (Lipinski definition) is 4. The number of hydrogen-bond donors (Lipinski definition) is 1. The van der Waals surface area contributed by atoms with Gasteiger partial charge in [0.25, 0.3) is 0 Å². The zero-order valence-corrected chi connectivity index (χ0v) is 8.54. The lowest BCUT2D eigenvalue weighted by atomic mass is 10.1. The van der Waals surface area contributed by atoms with Crippen molar-refractivity contribution in [1.29, 1.82) is 0 Å². The van der Waals surface area contributed by atoms with Crippen molar-refractivity contribution >= 4 is 5.91 Å². The second kappa shape index (κ2) is 4.39. The highest BCUT2D eigenvalue weighted by molar-refractivity contribution is 5.76. The van der Waals surface area contributed by atoms with Gasteiger partial charge in [0.1, 0.15) is 19.2 Å². The first-order chi connectivity index (χ1) is 7.25. The molecule has 15 heavy (non-hydrogen) atoms. The van der Waals surface area contributed by atoms with E-state index < -0.39 is 0 Å². The summed E-state index contributed by atoms with van der Waals surface area (Å²) >= 11 is 0. The van der Waals surface area contributed by atoms with E-state index in [4.69, 9.17) is 5.73 Å². The zero-order valence-electron chi connectivity index (χ0n) is 8.54. The van der Waals surface area contributed by atoms with Gasteiger partial charge in [-0.3, -0.25) is 4.79 Å². The molecule has 1 aromatic rings. The molecule has 1 aromatic heterocycles. The Bertz CT molecular complexity index is 323. The minimum absolute atomic E-state index is 0.0654. The van der Waals surface area contributed by atoms with Crippen molar-refractivity contribution in [2.45, 2.75) is 25.4 Å². The number of carbonyl (C=O) groups is 1. The van der Waals surface area contributed by atoms with Gasteiger partial charge in [0.05, 0.1) is 0 Å². The number of amides is 1. The molecule has 0 saturated carbocycles. The van der Waals surface area contributed by atoms with Gasteiger partial charge in [-0.15, -0.1) is 0 Å². The Labute approximate surface area is 88.1 Å². The lowest BCUT2D eigenvalue weighted by molar-refractivity contribution is -0.133. The molecular weight excluding hydrogens is 194 g/mol. The summed E-state index contributed by atoms with van der Waals surface area (Å²) in [6, 6.07) is 0.124. The Balaban J connectivity index is 1.90. The minimum atomic E-state index is 0.0654. The van der Waals surface area contributed by atoms with E-state index in [1.807, 2.05) is 0 Å². The number of nitrogens with two attached hydrogens (primary N) is 1. The molecule has 1 amide bonds. The van der Waals surface area contributed by atoms with Gasteiger partial charge in [0, 0.05) is 19.1 Å². The smallest absolute Gasteiger partial charge is 0.244 e. The monoisotopic (exact) mass is 209 g/mol. The van der Waals surface area contributed by atoms with Gasteiger partial charge < -0.3 is 10.6 Å². The van der Waals surface area contributed by atoms with Crippen LogP contribution in [0, 0.1) is 0 Å². The first-order valence-corrected chi connectivity index (χ1v) is 5.11. The molecule has 2 rings (SSSR count). The molecule has 1 atom stereocenters. The van der Waals surface area contributed by atoms with E-state index in [9.17, 15) is 4.79 Å². The maximum atomic E-state index is 11.8. The first kappa shape index (κ1) is 10.1. The van der Waals surface area contributed by atoms with Crippen LogP contribution in [0.1, 0.15) is 12.8 Å². The molecule has 2 heterocycles. The fraction of sp³-hybridized carbons (Fsp3) is 0.667. The topological polar surface area (TPSA) is 77.0 Å². The third kappa shape index (κ3) is 2.53. The highest BCUT2D eigenvalue weighted by atomic mass is 16.2. The van der Waals surface area contributed by atoms with Gasteiger partial charge in [-0.05, 0) is 12.8 Å². The molecular formula is C9H15N5O. The van der Waals surface area contributed by atoms with Crippen molar-refractivity contribution in [1.82, 2.24) is 19.7 Å². The van der Waals surface area contributed by atoms with E-state index in [1.54, 1.807) is 11.2 Å². The molecule has 0 spiro atoms. The van der Waals surface area contributed by atoms with Crippen molar-refractivity contribution in [3.63, 3.8) is 0 Å². The van der Waals surface area contributed by atoms with E-state index in [2.05, 4.69) is 10.1 Å². The van der Waals surface area contributed by atoms with Crippen LogP contribution in [0.4, 0.5) is 0 Å². The standard InChI is InChI=1S/C9H15N5O/c10-8-2-1-3-13(4-8)9(15)5-14-7-11-6-12-14/h6-8H,1-5,10H2. The van der Waals surface area contributed by atoms with E-state index in [0.29, 0.717) is 6.54 Å². The Morgan fingerprint density at radius 3 is 3.13 bits per heavy atom. The first-order valence-electron chi connectivity index (χ1n) is 5.11. The summed E-state index contributed by atoms with van der Waals surface area (Å²) in [6.45, 7) is 1.72. The average molecular weight is 209 g/mol. The Morgan fingerprint density at radius 2 is 2.47 bits per heavy atom. The van der Waals surface area contributed by atoms with Gasteiger partial charge in [0.2, 0.25) is 5.91 Å². The summed E-state index contributed by atoms with van der Waals surface area (Å²) in [5, 5.41) is 3.90. The van der Waals surface area contributed by atoms with Crippen molar-refractivity contribution in [3.8, 4) is 0 Å². The van der Waals surface area contributed by atoms with E-state index >= 15 is 0 Å². The van der Waals surface area contributed by atoms with E-state index in [1.165, 1.54) is 11.0 Å². The van der Waals surface area contributed by atoms with Gasteiger partial charge in [-0.25, -0.2) is 9.67 Å². The molecule has 0 aromatic carbocycles. The number of piperidine rings is 1. The fourth-order valence-corrected chi connectivity index (χ4v) is 1.79. The molecule has 1 unspecified atom stereocenters. The van der Waals surface area contributed by atoms with Crippen molar-refractivity contribution in [3.05, 3.63) is 12.7 Å². The van der Waals surface area contributed by atoms with Crippen LogP contribution in [-0.2, 0) is 11.3 Å². The molecule has 0 bridgehead atoms. The fourth-order valence-electron chi connectivity index (χ4n) is 1.79. The largest absolute Gasteiger partial charge is 0.340 e. The summed E-state index contributed by atoms with van der Waals surface area (Å²) in [4.78, 5) is 17.4. The summed E-state index contributed by atoms with van der Waals surface area (Å²) < 4.78 is 1.53. The van der Waals surface area contributed by atoms with Gasteiger partial charge in [-0.1, -0.05) is 0 Å². The minimum Gasteiger partial charge on any atom is -0.340 e. The molecule has 0 aliphatic carbocycles. The lowest BCUT2D eigenvalue weighted by Crippen LogP contribution is -2.46. The van der Waals surface area contributed by atoms with Gasteiger partial charge in [-0.2, -0.15) is 5.10 Å². The van der Waals surface area contributed by atoms with Crippen molar-refractivity contribution in [2.75, 3.05) is 13.1 Å². The second-order valence-electron chi connectivity index (χ2n) is 3.84. The quantitative estimate of drug-likeness (QED) is 0.693. The number of nitrogens with zero attached hydrogens (tertiary/aromatic N) is 4. The molecule has 6 nitrogen and oxygen atoms in total. The molecule has 1 aliphatic rings. The number of rotatable bonds is 2. The molecule has 0 radical (unpaired) electrons. The van der Waals surface area contributed by atoms with Crippen LogP contribution in [0.25, 0.3) is 0 Å². The van der Waals surface area contributed by atoms with Crippen molar-refractivity contribution in [2.24, 2.45) is 5.73 Å². The second-order valence-corrected chi connectivity index (χ2v) is 3.84. The third-order valence-electron chi connectivity index (χ3n) is 2.57. The van der Waals surface area contributed by atoms with Crippen LogP contribution < -0.4 is 5.73 Å². The Hall–Kier alpha value is -1.43. The van der Waals surface area contributed by atoms with Crippen molar-refractivity contribution < 1.29 is 4.79 Å². The molecule has 1 saturated heterocycles. The van der Waals surface area contributed by atoms with Crippen LogP contribution in [0.3, 0.4) is 0 Å². The number of carbonyl (C=O) groups excluding carboxylic acids is 1. The number of likely N-dealkylation sites (tertiary alicyclic amines) is 1. The molecule has 1 fully saturated rings. The van der Waals surface area contributed by atoms with Crippen LogP contribution in [0.15, 0.2) is 12.7 Å². The maximum Gasteiger partial charge on any atom is 0.244 e. The van der Waals surface area contributed by atoms with Gasteiger partial charge in [0.15, 0.2) is 0 Å². The van der Waals surface area contributed by atoms with Crippen LogP contribution >= 0.6 is 0 Å². The van der Waals surface area contributed by atoms with E-state index in [-0.39, 0.29) is 18.5 Å². The maximum absolute atomic E-state index is 11.8. The highest BCUT2D eigenvalue weighted by Gasteiger charge is 2.21. The lowest BCUT2D eigenvalue weighted by Gasteiger charge is -2.30.